The quantitative estimate of drug-likeness (QED) is 0.556. The van der Waals surface area contributed by atoms with Crippen LogP contribution in [0.15, 0.2) is 85.1 Å². The van der Waals surface area contributed by atoms with Gasteiger partial charge in [-0.2, -0.15) is 0 Å². The van der Waals surface area contributed by atoms with Gasteiger partial charge in [-0.25, -0.2) is 4.79 Å². The molecular formula is C23H19NO2. The highest BCUT2D eigenvalue weighted by Crippen LogP contribution is 2.25. The molecule has 0 radical (unpaired) electrons. The van der Waals surface area contributed by atoms with Gasteiger partial charge in [0.15, 0.2) is 0 Å². The van der Waals surface area contributed by atoms with Crippen molar-refractivity contribution in [3.05, 3.63) is 107 Å². The lowest BCUT2D eigenvalue weighted by Gasteiger charge is -2.13. The Morgan fingerprint density at radius 3 is 2.42 bits per heavy atom. The molecule has 0 bridgehead atoms. The molecule has 0 atom stereocenters. The average molecular weight is 341 g/mol. The van der Waals surface area contributed by atoms with Crippen molar-refractivity contribution < 1.29 is 9.90 Å². The fourth-order valence-corrected chi connectivity index (χ4v) is 3.46. The maximum atomic E-state index is 11.9. The number of hydrogen-bond donors (Lipinski definition) is 1. The molecule has 0 spiro atoms. The summed E-state index contributed by atoms with van der Waals surface area (Å²) in [5.74, 6) is -0.877. The SMILES string of the molecule is O=C(O)c1c(Cc2cccn2Cc2ccccc2)ccc2ccccc12. The number of hydrogen-bond acceptors (Lipinski definition) is 1. The number of nitrogens with zero attached hydrogens (tertiary/aromatic N) is 1. The summed E-state index contributed by atoms with van der Waals surface area (Å²) in [7, 11) is 0. The molecule has 0 saturated carbocycles. The van der Waals surface area contributed by atoms with Crippen molar-refractivity contribution in [3.63, 3.8) is 0 Å². The number of benzene rings is 3. The fraction of sp³-hybridized carbons (Fsp3) is 0.0870. The summed E-state index contributed by atoms with van der Waals surface area (Å²) in [6.45, 7) is 0.777. The summed E-state index contributed by atoms with van der Waals surface area (Å²) in [4.78, 5) is 11.9. The third-order valence-corrected chi connectivity index (χ3v) is 4.72. The molecule has 4 rings (SSSR count). The molecule has 0 aliphatic heterocycles. The van der Waals surface area contributed by atoms with Gasteiger partial charge in [0.1, 0.15) is 0 Å². The van der Waals surface area contributed by atoms with Gasteiger partial charge in [-0.1, -0.05) is 66.7 Å². The Labute approximate surface area is 152 Å². The molecule has 0 aliphatic rings. The predicted molar refractivity (Wildman–Crippen MR) is 104 cm³/mol. The summed E-state index contributed by atoms with van der Waals surface area (Å²) < 4.78 is 2.18. The Hall–Kier alpha value is -3.33. The van der Waals surface area contributed by atoms with E-state index in [2.05, 4.69) is 22.8 Å². The van der Waals surface area contributed by atoms with Gasteiger partial charge in [-0.05, 0) is 34.0 Å². The first-order valence-electron chi connectivity index (χ1n) is 8.64. The van der Waals surface area contributed by atoms with Crippen molar-refractivity contribution in [2.24, 2.45) is 0 Å². The van der Waals surface area contributed by atoms with Crippen LogP contribution in [0.2, 0.25) is 0 Å². The van der Waals surface area contributed by atoms with Crippen LogP contribution < -0.4 is 0 Å². The highest BCUT2D eigenvalue weighted by atomic mass is 16.4. The molecule has 26 heavy (non-hydrogen) atoms. The number of aromatic carboxylic acids is 1. The Kier molecular flexibility index (Phi) is 4.28. The molecule has 3 nitrogen and oxygen atoms in total. The van der Waals surface area contributed by atoms with Crippen LogP contribution in [0.5, 0.6) is 0 Å². The molecule has 0 aliphatic carbocycles. The number of carbonyl (C=O) groups is 1. The molecular weight excluding hydrogens is 322 g/mol. The number of aromatic nitrogens is 1. The molecule has 4 aromatic rings. The van der Waals surface area contributed by atoms with Crippen LogP contribution in [0.25, 0.3) is 10.8 Å². The average Bonchev–Trinajstić information content (AvgIpc) is 3.08. The van der Waals surface area contributed by atoms with Crippen molar-refractivity contribution in [2.45, 2.75) is 13.0 Å². The molecule has 3 heteroatoms. The topological polar surface area (TPSA) is 42.2 Å². The maximum Gasteiger partial charge on any atom is 0.336 e. The van der Waals surface area contributed by atoms with Crippen LogP contribution in [0.3, 0.4) is 0 Å². The smallest absolute Gasteiger partial charge is 0.336 e. The van der Waals surface area contributed by atoms with Gasteiger partial charge >= 0.3 is 5.97 Å². The highest BCUT2D eigenvalue weighted by molar-refractivity contribution is 6.05. The van der Waals surface area contributed by atoms with Gasteiger partial charge in [0, 0.05) is 24.9 Å². The molecule has 1 N–H and O–H groups in total. The first-order chi connectivity index (χ1) is 12.7. The zero-order chi connectivity index (χ0) is 17.9. The Balaban J connectivity index is 1.72. The van der Waals surface area contributed by atoms with Crippen molar-refractivity contribution in [1.29, 1.82) is 0 Å². The normalized spacial score (nSPS) is 10.9. The van der Waals surface area contributed by atoms with Gasteiger partial charge in [0.05, 0.1) is 5.56 Å². The largest absolute Gasteiger partial charge is 0.478 e. The van der Waals surface area contributed by atoms with E-state index in [4.69, 9.17) is 0 Å². The lowest BCUT2D eigenvalue weighted by molar-refractivity contribution is 0.0698. The van der Waals surface area contributed by atoms with Crippen LogP contribution in [0.1, 0.15) is 27.2 Å². The second-order valence-electron chi connectivity index (χ2n) is 6.42. The molecule has 1 heterocycles. The van der Waals surface area contributed by atoms with Crippen LogP contribution in [-0.2, 0) is 13.0 Å². The molecule has 0 amide bonds. The van der Waals surface area contributed by atoms with Crippen LogP contribution >= 0.6 is 0 Å². The predicted octanol–water partition coefficient (Wildman–Crippen LogP) is 4.98. The molecule has 1 aromatic heterocycles. The first kappa shape index (κ1) is 16.2. The first-order valence-corrected chi connectivity index (χ1v) is 8.64. The molecule has 0 saturated heterocycles. The van der Waals surface area contributed by atoms with E-state index in [0.29, 0.717) is 12.0 Å². The van der Waals surface area contributed by atoms with E-state index in [1.807, 2.05) is 66.9 Å². The summed E-state index contributed by atoms with van der Waals surface area (Å²) in [5.41, 5.74) is 3.56. The summed E-state index contributed by atoms with van der Waals surface area (Å²) in [6, 6.07) is 25.9. The minimum Gasteiger partial charge on any atom is -0.478 e. The fourth-order valence-electron chi connectivity index (χ4n) is 3.46. The zero-order valence-electron chi connectivity index (χ0n) is 14.3. The van der Waals surface area contributed by atoms with Crippen LogP contribution in [0.4, 0.5) is 0 Å². The monoisotopic (exact) mass is 341 g/mol. The second kappa shape index (κ2) is 6.89. The van der Waals surface area contributed by atoms with Crippen LogP contribution in [0, 0.1) is 0 Å². The van der Waals surface area contributed by atoms with Gasteiger partial charge in [-0.15, -0.1) is 0 Å². The minimum absolute atomic E-state index is 0.399. The summed E-state index contributed by atoms with van der Waals surface area (Å²) in [5, 5.41) is 11.5. The molecule has 0 unspecified atom stereocenters. The summed E-state index contributed by atoms with van der Waals surface area (Å²) in [6.07, 6.45) is 2.64. The van der Waals surface area contributed by atoms with E-state index in [1.165, 1.54) is 5.56 Å². The Morgan fingerprint density at radius 2 is 1.62 bits per heavy atom. The summed E-state index contributed by atoms with van der Waals surface area (Å²) >= 11 is 0. The minimum atomic E-state index is -0.877. The molecule has 128 valence electrons. The maximum absolute atomic E-state index is 11.9. The van der Waals surface area contributed by atoms with E-state index in [1.54, 1.807) is 0 Å². The van der Waals surface area contributed by atoms with Crippen molar-refractivity contribution >= 4 is 16.7 Å². The Morgan fingerprint density at radius 1 is 0.846 bits per heavy atom. The lowest BCUT2D eigenvalue weighted by atomic mass is 9.96. The van der Waals surface area contributed by atoms with Crippen molar-refractivity contribution in [1.82, 2.24) is 4.57 Å². The second-order valence-corrected chi connectivity index (χ2v) is 6.42. The third kappa shape index (κ3) is 3.11. The van der Waals surface area contributed by atoms with E-state index in [0.717, 1.165) is 28.6 Å². The van der Waals surface area contributed by atoms with Crippen molar-refractivity contribution in [3.8, 4) is 0 Å². The lowest BCUT2D eigenvalue weighted by Crippen LogP contribution is -2.08. The van der Waals surface area contributed by atoms with E-state index < -0.39 is 5.97 Å². The molecule has 0 fully saturated rings. The standard InChI is InChI=1S/C23H19NO2/c25-23(26)22-19(13-12-18-9-4-5-11-21(18)22)15-20-10-6-14-24(20)16-17-7-2-1-3-8-17/h1-14H,15-16H2,(H,25,26). The van der Waals surface area contributed by atoms with Gasteiger partial charge in [0.25, 0.3) is 0 Å². The number of rotatable bonds is 5. The number of fused-ring (bicyclic) bond motifs is 1. The van der Waals surface area contributed by atoms with Crippen molar-refractivity contribution in [2.75, 3.05) is 0 Å². The number of carboxylic acids is 1. The molecule has 3 aromatic carbocycles. The zero-order valence-corrected chi connectivity index (χ0v) is 14.3. The van der Waals surface area contributed by atoms with E-state index in [9.17, 15) is 9.90 Å². The van der Waals surface area contributed by atoms with Crippen LogP contribution in [-0.4, -0.2) is 15.6 Å². The van der Waals surface area contributed by atoms with Gasteiger partial charge in [0.2, 0.25) is 0 Å². The van der Waals surface area contributed by atoms with E-state index >= 15 is 0 Å². The van der Waals surface area contributed by atoms with E-state index in [-0.39, 0.29) is 0 Å². The van der Waals surface area contributed by atoms with Gasteiger partial charge in [-0.3, -0.25) is 0 Å². The van der Waals surface area contributed by atoms with Gasteiger partial charge < -0.3 is 9.67 Å². The third-order valence-electron chi connectivity index (χ3n) is 4.72. The Bertz CT molecular complexity index is 1060. The highest BCUT2D eigenvalue weighted by Gasteiger charge is 2.15. The number of carboxylic acid groups (broad SMARTS) is 1.